The number of carbonyl (C=O) groups is 1. The molecule has 1 aliphatic rings. The molecule has 1 saturated carbocycles. The molecule has 0 unspecified atom stereocenters. The number of nitrogens with zero attached hydrogens (tertiary/aromatic N) is 2. The number of amides is 2. The summed E-state index contributed by atoms with van der Waals surface area (Å²) in [7, 11) is 0. The fourth-order valence-corrected chi connectivity index (χ4v) is 2.52. The van der Waals surface area contributed by atoms with Crippen LogP contribution in [0.25, 0.3) is 0 Å². The molecule has 6 nitrogen and oxygen atoms in total. The number of carbonyl (C=O) groups excluding carboxylic acids is 1. The van der Waals surface area contributed by atoms with Crippen LogP contribution in [0.4, 0.5) is 4.79 Å². The highest BCUT2D eigenvalue weighted by Crippen LogP contribution is 2.48. The third-order valence-corrected chi connectivity index (χ3v) is 3.74. The number of hydrogen-bond acceptors (Lipinski definition) is 4. The topological polar surface area (TPSA) is 88.7 Å². The molecule has 1 aliphatic carbocycles. The van der Waals surface area contributed by atoms with Crippen molar-refractivity contribution in [2.45, 2.75) is 12.3 Å². The summed E-state index contributed by atoms with van der Waals surface area (Å²) < 4.78 is 5.76. The van der Waals surface area contributed by atoms with Gasteiger partial charge < -0.3 is 10.5 Å². The smallest absolute Gasteiger partial charge is 0.338 e. The van der Waals surface area contributed by atoms with E-state index in [4.69, 9.17) is 10.5 Å². The summed E-state index contributed by atoms with van der Waals surface area (Å²) in [6.07, 6.45) is 4.27. The van der Waals surface area contributed by atoms with Crippen LogP contribution in [0.5, 0.6) is 11.5 Å². The van der Waals surface area contributed by atoms with Gasteiger partial charge in [0, 0.05) is 6.20 Å². The fourth-order valence-electron chi connectivity index (χ4n) is 2.52. The number of urea groups is 1. The van der Waals surface area contributed by atoms with Crippen LogP contribution in [0, 0.1) is 5.92 Å². The molecular formula is C16H17N3O3. The lowest BCUT2D eigenvalue weighted by atomic mass is 10.1. The molecule has 1 fully saturated rings. The molecule has 0 aliphatic heterocycles. The van der Waals surface area contributed by atoms with E-state index in [1.54, 1.807) is 12.4 Å². The van der Waals surface area contributed by atoms with Gasteiger partial charge in [-0.3, -0.25) is 10.2 Å². The number of primary amides is 1. The molecule has 1 aromatic carbocycles. The van der Waals surface area contributed by atoms with Crippen LogP contribution in [0.2, 0.25) is 0 Å². The molecule has 1 heterocycles. The highest BCUT2D eigenvalue weighted by Gasteiger charge is 2.40. The van der Waals surface area contributed by atoms with Gasteiger partial charge in [0.15, 0.2) is 0 Å². The minimum absolute atomic E-state index is 0.228. The molecule has 2 amide bonds. The lowest BCUT2D eigenvalue weighted by molar-refractivity contribution is -0.0431. The predicted molar refractivity (Wildman–Crippen MR) is 79.7 cm³/mol. The normalized spacial score (nSPS) is 19.5. The Hall–Kier alpha value is -2.60. The molecule has 114 valence electrons. The average molecular weight is 299 g/mol. The maximum absolute atomic E-state index is 10.8. The molecule has 0 bridgehead atoms. The van der Waals surface area contributed by atoms with E-state index in [9.17, 15) is 10.0 Å². The summed E-state index contributed by atoms with van der Waals surface area (Å²) in [6, 6.07) is 10.7. The first-order valence-electron chi connectivity index (χ1n) is 7.07. The minimum atomic E-state index is -0.820. The van der Waals surface area contributed by atoms with Crippen molar-refractivity contribution >= 4 is 6.03 Å². The largest absolute Gasteiger partial charge is 0.456 e. The highest BCUT2D eigenvalue weighted by molar-refractivity contribution is 5.70. The summed E-state index contributed by atoms with van der Waals surface area (Å²) in [5.74, 6) is 1.96. The van der Waals surface area contributed by atoms with Crippen LogP contribution in [0.3, 0.4) is 0 Å². The third-order valence-electron chi connectivity index (χ3n) is 3.74. The van der Waals surface area contributed by atoms with Gasteiger partial charge in [0.25, 0.3) is 0 Å². The first-order chi connectivity index (χ1) is 10.6. The number of benzene rings is 1. The number of hydrogen-bond donors (Lipinski definition) is 2. The minimum Gasteiger partial charge on any atom is -0.456 e. The van der Waals surface area contributed by atoms with E-state index in [-0.39, 0.29) is 12.5 Å². The number of rotatable bonds is 5. The summed E-state index contributed by atoms with van der Waals surface area (Å²) in [4.78, 5) is 14.8. The van der Waals surface area contributed by atoms with Crippen LogP contribution in [-0.4, -0.2) is 27.8 Å². The van der Waals surface area contributed by atoms with Crippen molar-refractivity contribution in [3.05, 3.63) is 54.4 Å². The van der Waals surface area contributed by atoms with E-state index in [1.807, 2.05) is 36.4 Å². The van der Waals surface area contributed by atoms with Crippen molar-refractivity contribution in [2.24, 2.45) is 11.7 Å². The van der Waals surface area contributed by atoms with Gasteiger partial charge in [0.05, 0.1) is 12.7 Å². The van der Waals surface area contributed by atoms with Crippen molar-refractivity contribution in [1.82, 2.24) is 10.0 Å². The molecule has 1 aromatic heterocycles. The number of pyridine rings is 1. The van der Waals surface area contributed by atoms with Gasteiger partial charge in [0.1, 0.15) is 11.5 Å². The zero-order chi connectivity index (χ0) is 15.5. The van der Waals surface area contributed by atoms with Crippen molar-refractivity contribution in [3.63, 3.8) is 0 Å². The Balaban J connectivity index is 1.64. The molecule has 6 heteroatoms. The first-order valence-corrected chi connectivity index (χ1v) is 7.07. The lowest BCUT2D eigenvalue weighted by Gasteiger charge is -2.11. The Morgan fingerprint density at radius 1 is 1.36 bits per heavy atom. The second-order valence-corrected chi connectivity index (χ2v) is 5.39. The van der Waals surface area contributed by atoms with Gasteiger partial charge in [-0.1, -0.05) is 12.1 Å². The van der Waals surface area contributed by atoms with Gasteiger partial charge in [-0.05, 0) is 48.1 Å². The maximum atomic E-state index is 10.8. The predicted octanol–water partition coefficient (Wildman–Crippen LogP) is 2.75. The quantitative estimate of drug-likeness (QED) is 0.656. The van der Waals surface area contributed by atoms with Crippen LogP contribution in [-0.2, 0) is 0 Å². The Kier molecular flexibility index (Phi) is 3.93. The molecule has 2 atom stereocenters. The fraction of sp³-hybridized carbons (Fsp3) is 0.250. The SMILES string of the molecule is NC(=O)N(O)C[C@@H]1C[C@H]1c1cccc(Oc2cccnc2)c1. The number of aromatic nitrogens is 1. The second kappa shape index (κ2) is 6.03. The first kappa shape index (κ1) is 14.3. The third kappa shape index (κ3) is 3.35. The summed E-state index contributed by atoms with van der Waals surface area (Å²) in [5, 5.41) is 9.95. The number of hydroxylamine groups is 2. The van der Waals surface area contributed by atoms with Crippen molar-refractivity contribution in [1.29, 1.82) is 0 Å². The summed E-state index contributed by atoms with van der Waals surface area (Å²) in [5.41, 5.74) is 6.15. The van der Waals surface area contributed by atoms with Gasteiger partial charge in [-0.25, -0.2) is 9.86 Å². The maximum Gasteiger partial charge on any atom is 0.338 e. The Bertz CT molecular complexity index is 663. The van der Waals surface area contributed by atoms with Crippen LogP contribution in [0.1, 0.15) is 17.9 Å². The number of ether oxygens (including phenoxy) is 1. The monoisotopic (exact) mass is 299 g/mol. The Morgan fingerprint density at radius 3 is 2.91 bits per heavy atom. The molecule has 0 saturated heterocycles. The van der Waals surface area contributed by atoms with E-state index >= 15 is 0 Å². The summed E-state index contributed by atoms with van der Waals surface area (Å²) >= 11 is 0. The van der Waals surface area contributed by atoms with E-state index in [0.717, 1.165) is 17.7 Å². The summed E-state index contributed by atoms with van der Waals surface area (Å²) in [6.45, 7) is 0.258. The standard InChI is InChI=1S/C16H17N3O3/c17-16(20)19(21)10-12-8-15(12)11-3-1-4-13(7-11)22-14-5-2-6-18-9-14/h1-7,9,12,15,21H,8,10H2,(H2,17,20)/t12-,15-/m0/s1. The van der Waals surface area contributed by atoms with E-state index in [1.165, 1.54) is 0 Å². The van der Waals surface area contributed by atoms with Crippen LogP contribution < -0.4 is 10.5 Å². The van der Waals surface area contributed by atoms with E-state index in [0.29, 0.717) is 16.7 Å². The molecule has 3 N–H and O–H groups in total. The van der Waals surface area contributed by atoms with E-state index < -0.39 is 6.03 Å². The van der Waals surface area contributed by atoms with Crippen molar-refractivity contribution in [2.75, 3.05) is 6.54 Å². The zero-order valence-corrected chi connectivity index (χ0v) is 11.9. The van der Waals surface area contributed by atoms with Gasteiger partial charge in [0.2, 0.25) is 0 Å². The highest BCUT2D eigenvalue weighted by atomic mass is 16.5. The van der Waals surface area contributed by atoms with Gasteiger partial charge in [-0.15, -0.1) is 0 Å². The average Bonchev–Trinajstić information content (AvgIpc) is 3.28. The molecule has 0 spiro atoms. The van der Waals surface area contributed by atoms with Gasteiger partial charge >= 0.3 is 6.03 Å². The Labute approximate surface area is 128 Å². The van der Waals surface area contributed by atoms with E-state index in [2.05, 4.69) is 4.98 Å². The molecule has 22 heavy (non-hydrogen) atoms. The molecule has 0 radical (unpaired) electrons. The van der Waals surface area contributed by atoms with Crippen LogP contribution in [0.15, 0.2) is 48.8 Å². The van der Waals surface area contributed by atoms with Gasteiger partial charge in [-0.2, -0.15) is 0 Å². The second-order valence-electron chi connectivity index (χ2n) is 5.39. The van der Waals surface area contributed by atoms with Crippen molar-refractivity contribution in [3.8, 4) is 11.5 Å². The lowest BCUT2D eigenvalue weighted by Crippen LogP contribution is -2.34. The Morgan fingerprint density at radius 2 is 2.18 bits per heavy atom. The zero-order valence-electron chi connectivity index (χ0n) is 11.9. The number of nitrogens with two attached hydrogens (primary N) is 1. The molecular weight excluding hydrogens is 282 g/mol. The van der Waals surface area contributed by atoms with Crippen LogP contribution >= 0.6 is 0 Å². The molecule has 2 aromatic rings. The molecule has 3 rings (SSSR count). The van der Waals surface area contributed by atoms with Crippen molar-refractivity contribution < 1.29 is 14.7 Å².